The number of benzene rings is 1. The first-order valence-corrected chi connectivity index (χ1v) is 9.44. The number of imide groups is 1. The van der Waals surface area contributed by atoms with Crippen molar-refractivity contribution in [3.05, 3.63) is 47.0 Å². The summed E-state index contributed by atoms with van der Waals surface area (Å²) in [6.07, 6.45) is -0.232. The minimum atomic E-state index is -0.944. The molecule has 1 saturated heterocycles. The second-order valence-electron chi connectivity index (χ2n) is 5.92. The lowest BCUT2D eigenvalue weighted by Crippen LogP contribution is -2.34. The molecule has 1 fully saturated rings. The monoisotopic (exact) mass is 402 g/mol. The number of hydrogen-bond donors (Lipinski definition) is 2. The molecule has 1 aromatic carbocycles. The van der Waals surface area contributed by atoms with E-state index >= 15 is 0 Å². The lowest BCUT2D eigenvalue weighted by molar-refractivity contribution is -0.130. The third-order valence-electron chi connectivity index (χ3n) is 3.92. The molecule has 0 aliphatic carbocycles. The van der Waals surface area contributed by atoms with Gasteiger partial charge < -0.3 is 15.4 Å². The average molecular weight is 402 g/mol. The Morgan fingerprint density at radius 2 is 2.04 bits per heavy atom. The Labute approximate surface area is 164 Å². The number of esters is 1. The van der Waals surface area contributed by atoms with Crippen molar-refractivity contribution in [1.82, 2.24) is 15.2 Å². The van der Waals surface area contributed by atoms with E-state index < -0.39 is 29.9 Å². The van der Waals surface area contributed by atoms with Crippen molar-refractivity contribution in [3.8, 4) is 0 Å². The van der Waals surface area contributed by atoms with E-state index in [-0.39, 0.29) is 30.4 Å². The molecule has 2 N–H and O–H groups in total. The summed E-state index contributed by atoms with van der Waals surface area (Å²) in [4.78, 5) is 53.4. The topological polar surface area (TPSA) is 118 Å². The van der Waals surface area contributed by atoms with Crippen LogP contribution in [0, 0.1) is 0 Å². The van der Waals surface area contributed by atoms with Crippen LogP contribution in [0.3, 0.4) is 0 Å². The molecule has 0 radical (unpaired) electrons. The standard InChI is InChI=1S/C18H18N4O5S/c1-2-27-16(25)13-10-28-17(19-13)21-14(23)8-12-15(24)22(18(26)20-12)9-11-6-4-3-5-7-11/h3-7,10,12H,2,8-9H2,1H3,(H,20,26)(H,19,21,23)/t12-/m1/s1. The van der Waals surface area contributed by atoms with Crippen molar-refractivity contribution in [2.75, 3.05) is 11.9 Å². The molecule has 28 heavy (non-hydrogen) atoms. The fourth-order valence-corrected chi connectivity index (χ4v) is 3.31. The van der Waals surface area contributed by atoms with Gasteiger partial charge in [0.05, 0.1) is 19.6 Å². The van der Waals surface area contributed by atoms with Gasteiger partial charge in [-0.2, -0.15) is 0 Å². The summed E-state index contributed by atoms with van der Waals surface area (Å²) in [5.74, 6) is -1.53. The Hall–Kier alpha value is -3.27. The molecular weight excluding hydrogens is 384 g/mol. The van der Waals surface area contributed by atoms with Gasteiger partial charge in [-0.05, 0) is 12.5 Å². The number of nitrogens with one attached hydrogen (secondary N) is 2. The maximum absolute atomic E-state index is 12.5. The first-order chi connectivity index (χ1) is 13.5. The van der Waals surface area contributed by atoms with Gasteiger partial charge in [-0.3, -0.25) is 14.5 Å². The van der Waals surface area contributed by atoms with Crippen LogP contribution >= 0.6 is 11.3 Å². The third-order valence-corrected chi connectivity index (χ3v) is 4.67. The second kappa shape index (κ2) is 8.61. The van der Waals surface area contributed by atoms with Crippen LogP contribution in [0.15, 0.2) is 35.7 Å². The summed E-state index contributed by atoms with van der Waals surface area (Å²) in [6.45, 7) is 2.04. The van der Waals surface area contributed by atoms with Crippen LogP contribution < -0.4 is 10.6 Å². The highest BCUT2D eigenvalue weighted by Gasteiger charge is 2.39. The van der Waals surface area contributed by atoms with Gasteiger partial charge in [-0.1, -0.05) is 30.3 Å². The molecule has 1 atom stereocenters. The lowest BCUT2D eigenvalue weighted by atomic mass is 10.2. The molecule has 2 heterocycles. The van der Waals surface area contributed by atoms with E-state index in [0.29, 0.717) is 0 Å². The predicted molar refractivity (Wildman–Crippen MR) is 101 cm³/mol. The Bertz CT molecular complexity index is 898. The molecule has 2 aromatic rings. The first-order valence-electron chi connectivity index (χ1n) is 8.56. The largest absolute Gasteiger partial charge is 0.461 e. The molecule has 0 unspecified atom stereocenters. The Morgan fingerprint density at radius 1 is 1.29 bits per heavy atom. The summed E-state index contributed by atoms with van der Waals surface area (Å²) >= 11 is 1.07. The summed E-state index contributed by atoms with van der Waals surface area (Å²) in [5.41, 5.74) is 0.909. The number of carbonyl (C=O) groups is 4. The Kier molecular flexibility index (Phi) is 5.99. The third kappa shape index (κ3) is 4.52. The van der Waals surface area contributed by atoms with Gasteiger partial charge in [0, 0.05) is 5.38 Å². The summed E-state index contributed by atoms with van der Waals surface area (Å²) in [5, 5.41) is 6.72. The van der Waals surface area contributed by atoms with Crippen molar-refractivity contribution in [2.24, 2.45) is 0 Å². The van der Waals surface area contributed by atoms with E-state index in [0.717, 1.165) is 21.8 Å². The molecule has 0 saturated carbocycles. The predicted octanol–water partition coefficient (Wildman–Crippen LogP) is 1.77. The van der Waals surface area contributed by atoms with Gasteiger partial charge >= 0.3 is 12.0 Å². The fourth-order valence-electron chi connectivity index (χ4n) is 2.62. The summed E-state index contributed by atoms with van der Waals surface area (Å²) in [7, 11) is 0. The maximum atomic E-state index is 12.5. The number of ether oxygens (including phenoxy) is 1. The highest BCUT2D eigenvalue weighted by atomic mass is 32.1. The number of carbonyl (C=O) groups excluding carboxylic acids is 4. The van der Waals surface area contributed by atoms with Crippen LogP contribution in [0.25, 0.3) is 0 Å². The number of thiazole rings is 1. The number of rotatable bonds is 7. The SMILES string of the molecule is CCOC(=O)c1csc(NC(=O)C[C@H]2NC(=O)N(Cc3ccccc3)C2=O)n1. The molecule has 4 amide bonds. The van der Waals surface area contributed by atoms with E-state index in [1.807, 2.05) is 30.3 Å². The van der Waals surface area contributed by atoms with Crippen LogP contribution in [-0.4, -0.2) is 46.3 Å². The zero-order valence-electron chi connectivity index (χ0n) is 15.0. The summed E-state index contributed by atoms with van der Waals surface area (Å²) in [6, 6.07) is 7.61. The minimum Gasteiger partial charge on any atom is -0.461 e. The van der Waals surface area contributed by atoms with Crippen molar-refractivity contribution < 1.29 is 23.9 Å². The number of nitrogens with zero attached hydrogens (tertiary/aromatic N) is 2. The minimum absolute atomic E-state index is 0.0985. The van der Waals surface area contributed by atoms with E-state index in [9.17, 15) is 19.2 Å². The zero-order valence-corrected chi connectivity index (χ0v) is 15.8. The highest BCUT2D eigenvalue weighted by molar-refractivity contribution is 7.14. The average Bonchev–Trinajstić information content (AvgIpc) is 3.23. The van der Waals surface area contributed by atoms with Crippen molar-refractivity contribution in [3.63, 3.8) is 0 Å². The van der Waals surface area contributed by atoms with E-state index in [1.54, 1.807) is 6.92 Å². The van der Waals surface area contributed by atoms with Crippen LogP contribution in [0.5, 0.6) is 0 Å². The van der Waals surface area contributed by atoms with Crippen molar-refractivity contribution in [1.29, 1.82) is 0 Å². The number of anilines is 1. The highest BCUT2D eigenvalue weighted by Crippen LogP contribution is 2.18. The molecule has 3 rings (SSSR count). The molecule has 9 nitrogen and oxygen atoms in total. The number of aromatic nitrogens is 1. The van der Waals surface area contributed by atoms with Gasteiger partial charge in [0.15, 0.2) is 10.8 Å². The van der Waals surface area contributed by atoms with Gasteiger partial charge in [0.2, 0.25) is 5.91 Å². The van der Waals surface area contributed by atoms with E-state index in [2.05, 4.69) is 15.6 Å². The Morgan fingerprint density at radius 3 is 2.75 bits per heavy atom. The van der Waals surface area contributed by atoms with Crippen LogP contribution in [0.4, 0.5) is 9.93 Å². The van der Waals surface area contributed by atoms with Gasteiger partial charge in [0.1, 0.15) is 6.04 Å². The lowest BCUT2D eigenvalue weighted by Gasteiger charge is -2.12. The van der Waals surface area contributed by atoms with E-state index in [1.165, 1.54) is 5.38 Å². The van der Waals surface area contributed by atoms with Crippen molar-refractivity contribution >= 4 is 40.3 Å². The molecular formula is C18H18N4O5S. The maximum Gasteiger partial charge on any atom is 0.357 e. The van der Waals surface area contributed by atoms with Crippen LogP contribution in [0.1, 0.15) is 29.4 Å². The smallest absolute Gasteiger partial charge is 0.357 e. The molecule has 1 aliphatic heterocycles. The second-order valence-corrected chi connectivity index (χ2v) is 6.78. The number of urea groups is 1. The summed E-state index contributed by atoms with van der Waals surface area (Å²) < 4.78 is 4.84. The molecule has 10 heteroatoms. The van der Waals surface area contributed by atoms with Crippen LogP contribution in [0.2, 0.25) is 0 Å². The fraction of sp³-hybridized carbons (Fsp3) is 0.278. The zero-order chi connectivity index (χ0) is 20.1. The Balaban J connectivity index is 1.56. The van der Waals surface area contributed by atoms with Gasteiger partial charge in [0.25, 0.3) is 5.91 Å². The quantitative estimate of drug-likeness (QED) is 0.538. The van der Waals surface area contributed by atoms with Gasteiger partial charge in [-0.15, -0.1) is 11.3 Å². The molecule has 1 aliphatic rings. The van der Waals surface area contributed by atoms with Crippen molar-refractivity contribution in [2.45, 2.75) is 25.9 Å². The normalized spacial score (nSPS) is 16.0. The van der Waals surface area contributed by atoms with E-state index in [4.69, 9.17) is 4.74 Å². The molecule has 0 spiro atoms. The number of amides is 4. The molecule has 0 bridgehead atoms. The molecule has 1 aromatic heterocycles. The van der Waals surface area contributed by atoms with Crippen LogP contribution in [-0.2, 0) is 20.9 Å². The number of hydrogen-bond acceptors (Lipinski definition) is 7. The van der Waals surface area contributed by atoms with Gasteiger partial charge in [-0.25, -0.2) is 14.6 Å². The molecule has 146 valence electrons. The first kappa shape index (κ1) is 19.5.